The number of aryl methyl sites for hydroxylation is 1. The van der Waals surface area contributed by atoms with E-state index in [1.807, 2.05) is 35.9 Å². The summed E-state index contributed by atoms with van der Waals surface area (Å²) in [4.78, 5) is 15.7. The maximum atomic E-state index is 11.2. The summed E-state index contributed by atoms with van der Waals surface area (Å²) in [6.45, 7) is 0. The molecule has 1 rings (SSSR count). The molecule has 0 saturated carbocycles. The van der Waals surface area contributed by atoms with Crippen molar-refractivity contribution in [3.05, 3.63) is 35.9 Å². The van der Waals surface area contributed by atoms with Crippen molar-refractivity contribution in [2.45, 2.75) is 12.8 Å². The number of nitrogens with zero attached hydrogens (tertiary/aromatic N) is 1. The number of carbonyl (C=O) groups excluding carboxylic acids is 1. The van der Waals surface area contributed by atoms with Crippen molar-refractivity contribution in [2.75, 3.05) is 0 Å². The predicted molar refractivity (Wildman–Crippen MR) is 59.8 cm³/mol. The molecule has 0 spiro atoms. The van der Waals surface area contributed by atoms with Crippen molar-refractivity contribution < 1.29 is 9.63 Å². The zero-order valence-corrected chi connectivity index (χ0v) is 8.72. The molecular formula is C10H14N4O2. The summed E-state index contributed by atoms with van der Waals surface area (Å²) in [5.41, 5.74) is 13.1. The third kappa shape index (κ3) is 4.85. The van der Waals surface area contributed by atoms with Crippen LogP contribution in [0.25, 0.3) is 0 Å². The summed E-state index contributed by atoms with van der Waals surface area (Å²) >= 11 is 0. The van der Waals surface area contributed by atoms with Crippen molar-refractivity contribution in [1.82, 2.24) is 5.59 Å². The molecule has 1 aromatic rings. The second-order valence-electron chi connectivity index (χ2n) is 3.09. The van der Waals surface area contributed by atoms with Crippen LogP contribution in [0.2, 0.25) is 0 Å². The molecule has 6 heteroatoms. The van der Waals surface area contributed by atoms with Crippen LogP contribution in [0.15, 0.2) is 35.4 Å². The van der Waals surface area contributed by atoms with Crippen molar-refractivity contribution >= 4 is 11.9 Å². The van der Waals surface area contributed by atoms with Gasteiger partial charge in [0.25, 0.3) is 0 Å². The third-order valence-electron chi connectivity index (χ3n) is 1.79. The Bertz CT molecular complexity index is 360. The van der Waals surface area contributed by atoms with Gasteiger partial charge in [0.2, 0.25) is 5.96 Å². The molecule has 6 nitrogen and oxygen atoms in total. The van der Waals surface area contributed by atoms with Crippen LogP contribution in [-0.4, -0.2) is 11.9 Å². The molecule has 86 valence electrons. The minimum atomic E-state index is -0.422. The Balaban J connectivity index is 2.23. The highest BCUT2D eigenvalue weighted by Gasteiger charge is 2.02. The van der Waals surface area contributed by atoms with Gasteiger partial charge in [-0.2, -0.15) is 0 Å². The highest BCUT2D eigenvalue weighted by Crippen LogP contribution is 2.02. The molecule has 0 radical (unpaired) electrons. The number of nitrogens with one attached hydrogen (secondary N) is 1. The van der Waals surface area contributed by atoms with E-state index >= 15 is 0 Å². The van der Waals surface area contributed by atoms with E-state index in [1.165, 1.54) is 0 Å². The molecule has 0 bridgehead atoms. The number of hydrogen-bond donors (Lipinski definition) is 3. The van der Waals surface area contributed by atoms with E-state index in [0.29, 0.717) is 6.42 Å². The number of nitrogens with two attached hydrogens (primary N) is 2. The van der Waals surface area contributed by atoms with Crippen LogP contribution in [0, 0.1) is 0 Å². The van der Waals surface area contributed by atoms with E-state index in [9.17, 15) is 4.79 Å². The lowest BCUT2D eigenvalue weighted by atomic mass is 10.1. The summed E-state index contributed by atoms with van der Waals surface area (Å²) in [5, 5.41) is 3.30. The van der Waals surface area contributed by atoms with E-state index < -0.39 is 5.97 Å². The lowest BCUT2D eigenvalue weighted by molar-refractivity contribution is -0.151. The molecule has 0 aliphatic rings. The largest absolute Gasteiger partial charge is 0.369 e. The van der Waals surface area contributed by atoms with Crippen molar-refractivity contribution in [2.24, 2.45) is 16.6 Å². The highest BCUT2D eigenvalue weighted by molar-refractivity contribution is 5.75. The quantitative estimate of drug-likeness (QED) is 0.365. The Kier molecular flexibility index (Phi) is 4.65. The summed E-state index contributed by atoms with van der Waals surface area (Å²) in [5.74, 6) is -0.621. The van der Waals surface area contributed by atoms with Crippen LogP contribution in [0.3, 0.4) is 0 Å². The SMILES string of the molecule is NC(N)=NNOC(=O)CCc1ccccc1. The van der Waals surface area contributed by atoms with Crippen LogP contribution >= 0.6 is 0 Å². The fraction of sp³-hybridized carbons (Fsp3) is 0.200. The zero-order valence-electron chi connectivity index (χ0n) is 8.72. The Morgan fingerprint density at radius 1 is 1.31 bits per heavy atom. The molecule has 0 unspecified atom stereocenters. The maximum Gasteiger partial charge on any atom is 0.334 e. The molecule has 0 atom stereocenters. The molecular weight excluding hydrogens is 208 g/mol. The Hall–Kier alpha value is -2.24. The van der Waals surface area contributed by atoms with Gasteiger partial charge in [0.15, 0.2) is 0 Å². The lowest BCUT2D eigenvalue weighted by Gasteiger charge is -2.02. The van der Waals surface area contributed by atoms with Gasteiger partial charge in [-0.05, 0) is 12.0 Å². The molecule has 0 aliphatic heterocycles. The topological polar surface area (TPSA) is 103 Å². The number of benzene rings is 1. The lowest BCUT2D eigenvalue weighted by Crippen LogP contribution is -2.27. The van der Waals surface area contributed by atoms with E-state index in [2.05, 4.69) is 9.94 Å². The normalized spacial score (nSPS) is 9.25. The van der Waals surface area contributed by atoms with Crippen LogP contribution < -0.4 is 17.1 Å². The smallest absolute Gasteiger partial charge is 0.334 e. The van der Waals surface area contributed by atoms with E-state index in [4.69, 9.17) is 11.5 Å². The van der Waals surface area contributed by atoms with E-state index in [-0.39, 0.29) is 12.4 Å². The van der Waals surface area contributed by atoms with Crippen LogP contribution in [-0.2, 0) is 16.1 Å². The standard InChI is InChI=1S/C10H14N4O2/c11-10(12)13-14-16-9(15)7-6-8-4-2-1-3-5-8/h1-5,14H,6-7H2,(H4,11,12,13). The Morgan fingerprint density at radius 3 is 2.62 bits per heavy atom. The highest BCUT2D eigenvalue weighted by atomic mass is 16.7. The van der Waals surface area contributed by atoms with Crippen LogP contribution in [0.5, 0.6) is 0 Å². The molecule has 0 aliphatic carbocycles. The van der Waals surface area contributed by atoms with Gasteiger partial charge >= 0.3 is 5.97 Å². The molecule has 0 heterocycles. The Labute approximate surface area is 93.2 Å². The fourth-order valence-electron chi connectivity index (χ4n) is 1.07. The minimum absolute atomic E-state index is 0.198. The first kappa shape index (κ1) is 11.8. The number of guanidine groups is 1. The van der Waals surface area contributed by atoms with Crippen molar-refractivity contribution in [1.29, 1.82) is 0 Å². The monoisotopic (exact) mass is 222 g/mol. The summed E-state index contributed by atoms with van der Waals surface area (Å²) in [6.07, 6.45) is 0.875. The van der Waals surface area contributed by atoms with E-state index in [1.54, 1.807) is 0 Å². The van der Waals surface area contributed by atoms with Gasteiger partial charge in [0, 0.05) is 0 Å². The van der Waals surface area contributed by atoms with Gasteiger partial charge in [-0.3, -0.25) is 0 Å². The second kappa shape index (κ2) is 6.28. The third-order valence-corrected chi connectivity index (χ3v) is 1.79. The van der Waals surface area contributed by atoms with Gasteiger partial charge in [-0.15, -0.1) is 10.7 Å². The first-order chi connectivity index (χ1) is 7.68. The molecule has 0 saturated heterocycles. The number of carbonyl (C=O) groups is 1. The molecule has 5 N–H and O–H groups in total. The van der Waals surface area contributed by atoms with Gasteiger partial charge < -0.3 is 16.3 Å². The zero-order chi connectivity index (χ0) is 11.8. The summed E-state index contributed by atoms with van der Waals surface area (Å²) in [6, 6.07) is 9.63. The maximum absolute atomic E-state index is 11.2. The van der Waals surface area contributed by atoms with Gasteiger partial charge in [0.05, 0.1) is 6.42 Å². The Morgan fingerprint density at radius 2 is 2.00 bits per heavy atom. The van der Waals surface area contributed by atoms with Crippen LogP contribution in [0.1, 0.15) is 12.0 Å². The fourth-order valence-corrected chi connectivity index (χ4v) is 1.07. The second-order valence-corrected chi connectivity index (χ2v) is 3.09. The average molecular weight is 222 g/mol. The number of hydrazone groups is 1. The minimum Gasteiger partial charge on any atom is -0.369 e. The van der Waals surface area contributed by atoms with Crippen molar-refractivity contribution in [3.63, 3.8) is 0 Å². The van der Waals surface area contributed by atoms with Crippen molar-refractivity contribution in [3.8, 4) is 0 Å². The molecule has 1 aromatic carbocycles. The number of rotatable bonds is 5. The first-order valence-electron chi connectivity index (χ1n) is 4.75. The molecule has 0 amide bonds. The molecule has 16 heavy (non-hydrogen) atoms. The molecule has 0 aromatic heterocycles. The predicted octanol–water partition coefficient (Wildman–Crippen LogP) is -0.145. The molecule has 0 fully saturated rings. The summed E-state index contributed by atoms with van der Waals surface area (Å²) in [7, 11) is 0. The van der Waals surface area contributed by atoms with Gasteiger partial charge in [0.1, 0.15) is 0 Å². The first-order valence-corrected chi connectivity index (χ1v) is 4.75. The average Bonchev–Trinajstić information content (AvgIpc) is 2.27. The number of hydrogen-bond acceptors (Lipinski definition) is 4. The van der Waals surface area contributed by atoms with Gasteiger partial charge in [-0.1, -0.05) is 30.3 Å². The summed E-state index contributed by atoms with van der Waals surface area (Å²) < 4.78 is 0. The van der Waals surface area contributed by atoms with Gasteiger partial charge in [-0.25, -0.2) is 4.79 Å². The van der Waals surface area contributed by atoms with E-state index in [0.717, 1.165) is 5.56 Å². The van der Waals surface area contributed by atoms with Crippen LogP contribution in [0.4, 0.5) is 0 Å².